The number of methoxy groups -OCH3 is 1. The van der Waals surface area contributed by atoms with E-state index < -0.39 is 0 Å². The SMILES string of the molecule is COc1ccc2nc(CCN(C)Cc3ncc[nH]3)[nH]c2c1. The number of ether oxygens (including phenoxy) is 1. The number of hydrogen-bond acceptors (Lipinski definition) is 4. The summed E-state index contributed by atoms with van der Waals surface area (Å²) in [4.78, 5) is 17.5. The first-order valence-electron chi connectivity index (χ1n) is 6.94. The molecule has 3 aromatic rings. The minimum absolute atomic E-state index is 0.807. The fraction of sp³-hybridized carbons (Fsp3) is 0.333. The van der Waals surface area contributed by atoms with Gasteiger partial charge in [-0.05, 0) is 19.2 Å². The lowest BCUT2D eigenvalue weighted by Crippen LogP contribution is -2.21. The summed E-state index contributed by atoms with van der Waals surface area (Å²) in [5, 5.41) is 0. The van der Waals surface area contributed by atoms with Crippen molar-refractivity contribution in [1.82, 2.24) is 24.8 Å². The first kappa shape index (κ1) is 13.6. The van der Waals surface area contributed by atoms with Gasteiger partial charge in [-0.2, -0.15) is 0 Å². The van der Waals surface area contributed by atoms with Gasteiger partial charge in [0.25, 0.3) is 0 Å². The molecule has 2 N–H and O–H groups in total. The Morgan fingerprint density at radius 3 is 2.95 bits per heavy atom. The molecule has 0 spiro atoms. The third-order valence-corrected chi connectivity index (χ3v) is 3.44. The molecule has 1 aromatic carbocycles. The van der Waals surface area contributed by atoms with Gasteiger partial charge in [-0.3, -0.25) is 4.90 Å². The van der Waals surface area contributed by atoms with Crippen molar-refractivity contribution in [2.24, 2.45) is 0 Å². The van der Waals surface area contributed by atoms with E-state index in [0.29, 0.717) is 0 Å². The van der Waals surface area contributed by atoms with Crippen LogP contribution in [0.25, 0.3) is 11.0 Å². The molecule has 2 aromatic heterocycles. The zero-order chi connectivity index (χ0) is 14.7. The molecule has 0 atom stereocenters. The number of aromatic nitrogens is 4. The first-order chi connectivity index (χ1) is 10.2. The molecule has 0 saturated heterocycles. The van der Waals surface area contributed by atoms with Crippen molar-refractivity contribution in [2.75, 3.05) is 20.7 Å². The fourth-order valence-corrected chi connectivity index (χ4v) is 2.30. The Labute approximate surface area is 123 Å². The van der Waals surface area contributed by atoms with Gasteiger partial charge in [0, 0.05) is 31.4 Å². The summed E-state index contributed by atoms with van der Waals surface area (Å²) in [5.41, 5.74) is 1.98. The Kier molecular flexibility index (Phi) is 3.87. The van der Waals surface area contributed by atoms with E-state index in [2.05, 4.69) is 31.9 Å². The Hall–Kier alpha value is -2.34. The second-order valence-corrected chi connectivity index (χ2v) is 5.09. The molecule has 0 saturated carbocycles. The molecule has 3 rings (SSSR count). The van der Waals surface area contributed by atoms with Crippen molar-refractivity contribution in [3.05, 3.63) is 42.2 Å². The highest BCUT2D eigenvalue weighted by atomic mass is 16.5. The summed E-state index contributed by atoms with van der Waals surface area (Å²) >= 11 is 0. The van der Waals surface area contributed by atoms with Gasteiger partial charge >= 0.3 is 0 Å². The van der Waals surface area contributed by atoms with Crippen molar-refractivity contribution < 1.29 is 4.74 Å². The molecule has 0 radical (unpaired) electrons. The first-order valence-corrected chi connectivity index (χ1v) is 6.94. The van der Waals surface area contributed by atoms with Gasteiger partial charge in [0.2, 0.25) is 0 Å². The van der Waals surface area contributed by atoms with Crippen molar-refractivity contribution in [1.29, 1.82) is 0 Å². The average molecular weight is 285 g/mol. The van der Waals surface area contributed by atoms with Crippen LogP contribution in [0.3, 0.4) is 0 Å². The van der Waals surface area contributed by atoms with E-state index in [4.69, 9.17) is 4.74 Å². The molecule has 0 amide bonds. The largest absolute Gasteiger partial charge is 0.497 e. The Balaban J connectivity index is 1.62. The standard InChI is InChI=1S/C15H19N5O/c1-20(10-15-16-6-7-17-15)8-5-14-18-12-4-3-11(21-2)9-13(12)19-14/h3-4,6-7,9H,5,8,10H2,1-2H3,(H,16,17)(H,18,19). The second-order valence-electron chi connectivity index (χ2n) is 5.09. The molecule has 6 heteroatoms. The van der Waals surface area contributed by atoms with Crippen LogP contribution in [-0.2, 0) is 13.0 Å². The molecule has 21 heavy (non-hydrogen) atoms. The van der Waals surface area contributed by atoms with Gasteiger partial charge in [0.15, 0.2) is 0 Å². The lowest BCUT2D eigenvalue weighted by molar-refractivity contribution is 0.321. The minimum Gasteiger partial charge on any atom is -0.497 e. The van der Waals surface area contributed by atoms with Gasteiger partial charge < -0.3 is 14.7 Å². The Bertz CT molecular complexity index is 704. The third kappa shape index (κ3) is 3.22. The Morgan fingerprint density at radius 2 is 2.19 bits per heavy atom. The van der Waals surface area contributed by atoms with Crippen molar-refractivity contribution >= 4 is 11.0 Å². The molecular weight excluding hydrogens is 266 g/mol. The minimum atomic E-state index is 0.807. The van der Waals surface area contributed by atoms with Crippen LogP contribution in [0.15, 0.2) is 30.6 Å². The van der Waals surface area contributed by atoms with Crippen LogP contribution in [0.2, 0.25) is 0 Å². The van der Waals surface area contributed by atoms with Gasteiger partial charge in [0.1, 0.15) is 17.4 Å². The molecule has 2 heterocycles. The quantitative estimate of drug-likeness (QED) is 0.726. The lowest BCUT2D eigenvalue weighted by atomic mass is 10.3. The second kappa shape index (κ2) is 5.97. The van der Waals surface area contributed by atoms with Crippen LogP contribution in [-0.4, -0.2) is 45.5 Å². The highest BCUT2D eigenvalue weighted by molar-refractivity contribution is 5.76. The zero-order valence-electron chi connectivity index (χ0n) is 12.3. The van der Waals surface area contributed by atoms with Gasteiger partial charge in [0.05, 0.1) is 24.7 Å². The highest BCUT2D eigenvalue weighted by Crippen LogP contribution is 2.18. The number of nitrogens with zero attached hydrogens (tertiary/aromatic N) is 3. The van der Waals surface area contributed by atoms with Crippen molar-refractivity contribution in [3.8, 4) is 5.75 Å². The lowest BCUT2D eigenvalue weighted by Gasteiger charge is -2.13. The third-order valence-electron chi connectivity index (χ3n) is 3.44. The van der Waals surface area contributed by atoms with Gasteiger partial charge in [-0.15, -0.1) is 0 Å². The van der Waals surface area contributed by atoms with E-state index in [1.54, 1.807) is 13.3 Å². The van der Waals surface area contributed by atoms with E-state index in [9.17, 15) is 0 Å². The summed E-state index contributed by atoms with van der Waals surface area (Å²) in [6, 6.07) is 5.87. The van der Waals surface area contributed by atoms with Gasteiger partial charge in [-0.25, -0.2) is 9.97 Å². The normalized spacial score (nSPS) is 11.4. The summed E-state index contributed by atoms with van der Waals surface area (Å²) in [5.74, 6) is 2.81. The number of rotatable bonds is 6. The van der Waals surface area contributed by atoms with E-state index in [-0.39, 0.29) is 0 Å². The molecular formula is C15H19N5O. The number of H-pyrrole nitrogens is 2. The van der Waals surface area contributed by atoms with E-state index in [0.717, 1.165) is 47.9 Å². The maximum absolute atomic E-state index is 5.22. The topological polar surface area (TPSA) is 69.8 Å². The number of fused-ring (bicyclic) bond motifs is 1. The number of imidazole rings is 2. The smallest absolute Gasteiger partial charge is 0.121 e. The van der Waals surface area contributed by atoms with Crippen LogP contribution < -0.4 is 4.74 Å². The maximum Gasteiger partial charge on any atom is 0.121 e. The predicted molar refractivity (Wildman–Crippen MR) is 81.3 cm³/mol. The number of nitrogens with one attached hydrogen (secondary N) is 2. The molecule has 110 valence electrons. The summed E-state index contributed by atoms with van der Waals surface area (Å²) < 4.78 is 5.22. The summed E-state index contributed by atoms with van der Waals surface area (Å²) in [6.45, 7) is 1.72. The molecule has 0 unspecified atom stereocenters. The van der Waals surface area contributed by atoms with Crippen molar-refractivity contribution in [2.45, 2.75) is 13.0 Å². The number of likely N-dealkylation sites (N-methyl/N-ethyl adjacent to an activating group) is 1. The van der Waals surface area contributed by atoms with E-state index >= 15 is 0 Å². The van der Waals surface area contributed by atoms with Crippen LogP contribution in [0.1, 0.15) is 11.6 Å². The predicted octanol–water partition coefficient (Wildman–Crippen LogP) is 1.97. The molecule has 0 aliphatic rings. The molecule has 0 aliphatic heterocycles. The highest BCUT2D eigenvalue weighted by Gasteiger charge is 2.07. The summed E-state index contributed by atoms with van der Waals surface area (Å²) in [7, 11) is 3.75. The maximum atomic E-state index is 5.22. The number of benzene rings is 1. The monoisotopic (exact) mass is 285 g/mol. The van der Waals surface area contributed by atoms with E-state index in [1.165, 1.54) is 0 Å². The van der Waals surface area contributed by atoms with Crippen LogP contribution in [0, 0.1) is 0 Å². The van der Waals surface area contributed by atoms with Crippen LogP contribution >= 0.6 is 0 Å². The fourth-order valence-electron chi connectivity index (χ4n) is 2.30. The van der Waals surface area contributed by atoms with Gasteiger partial charge in [-0.1, -0.05) is 0 Å². The molecule has 0 fully saturated rings. The molecule has 0 aliphatic carbocycles. The number of hydrogen-bond donors (Lipinski definition) is 2. The number of aromatic amines is 2. The van der Waals surface area contributed by atoms with E-state index in [1.807, 2.05) is 24.4 Å². The van der Waals surface area contributed by atoms with Crippen LogP contribution in [0.5, 0.6) is 5.75 Å². The Morgan fingerprint density at radius 1 is 1.29 bits per heavy atom. The molecule has 0 bridgehead atoms. The van der Waals surface area contributed by atoms with Crippen molar-refractivity contribution in [3.63, 3.8) is 0 Å². The van der Waals surface area contributed by atoms with Crippen LogP contribution in [0.4, 0.5) is 0 Å². The average Bonchev–Trinajstić information content (AvgIpc) is 3.12. The molecule has 6 nitrogen and oxygen atoms in total. The summed E-state index contributed by atoms with van der Waals surface area (Å²) in [6.07, 6.45) is 4.49. The zero-order valence-corrected chi connectivity index (χ0v) is 12.3.